The van der Waals surface area contributed by atoms with Gasteiger partial charge in [-0.3, -0.25) is 0 Å². The van der Waals surface area contributed by atoms with Crippen molar-refractivity contribution in [3.63, 3.8) is 0 Å². The van der Waals surface area contributed by atoms with Gasteiger partial charge in [0.05, 0.1) is 0 Å². The molecule has 0 spiro atoms. The van der Waals surface area contributed by atoms with E-state index in [1.807, 2.05) is 12.1 Å². The minimum absolute atomic E-state index is 1.23. The van der Waals surface area contributed by atoms with Gasteiger partial charge in [0.2, 0.25) is 0 Å². The first-order valence-corrected chi connectivity index (χ1v) is 10.0. The topological polar surface area (TPSA) is 4.93 Å². The predicted octanol–water partition coefficient (Wildman–Crippen LogP) is 6.75. The van der Waals surface area contributed by atoms with Crippen molar-refractivity contribution >= 4 is 21.5 Å². The van der Waals surface area contributed by atoms with Gasteiger partial charge in [0.15, 0.2) is 0 Å². The van der Waals surface area contributed by atoms with E-state index in [4.69, 9.17) is 0 Å². The first-order chi connectivity index (χ1) is 12.8. The summed E-state index contributed by atoms with van der Waals surface area (Å²) in [5.41, 5.74) is 1.23. The fraction of sp³-hybridized carbons (Fsp3) is 0. The van der Waals surface area contributed by atoms with E-state index < -0.39 is 24.5 Å². The standard InChI is InChI=1S/C13H10N.C9H7.2FH.Zr/c1-2-6-12-10-13(9-11(12)5-1)14-7-3-4-8-14;1-2-5-9-7-3-6-8(9)4-1;;;/h1-10H;1-7H;2*1H;/q2*-1;;;+4/p-2. The smallest absolute Gasteiger partial charge is 0.00705 e. The molecule has 0 saturated carbocycles. The number of hydrogen-bond donors (Lipinski definition) is 0. The molecule has 0 bridgehead atoms. The zero-order valence-electron chi connectivity index (χ0n) is 14.0. The fourth-order valence-electron chi connectivity index (χ4n) is 2.86. The summed E-state index contributed by atoms with van der Waals surface area (Å²) < 4.78 is 21.7. The Morgan fingerprint density at radius 3 is 2.00 bits per heavy atom. The molecule has 0 radical (unpaired) electrons. The summed E-state index contributed by atoms with van der Waals surface area (Å²) >= 11 is -2.77. The number of benzene rings is 2. The van der Waals surface area contributed by atoms with E-state index in [0.717, 1.165) is 0 Å². The van der Waals surface area contributed by atoms with E-state index in [1.165, 1.54) is 27.2 Å². The van der Waals surface area contributed by atoms with Gasteiger partial charge in [-0.2, -0.15) is 17.5 Å². The van der Waals surface area contributed by atoms with Gasteiger partial charge < -0.3 is 4.57 Å². The van der Waals surface area contributed by atoms with Crippen molar-refractivity contribution in [2.45, 2.75) is 0 Å². The molecule has 0 aliphatic carbocycles. The van der Waals surface area contributed by atoms with Crippen LogP contribution in [-0.2, 0) is 24.5 Å². The molecule has 5 aromatic rings. The Labute approximate surface area is 164 Å². The molecule has 0 aliphatic heterocycles. The fourth-order valence-corrected chi connectivity index (χ4v) is 2.86. The van der Waals surface area contributed by atoms with Crippen LogP contribution in [0.3, 0.4) is 0 Å². The van der Waals surface area contributed by atoms with Crippen LogP contribution in [0, 0.1) is 0 Å². The van der Waals surface area contributed by atoms with Gasteiger partial charge in [-0.25, -0.2) is 0 Å². The van der Waals surface area contributed by atoms with Crippen molar-refractivity contribution in [2.24, 2.45) is 0 Å². The largest absolute Gasteiger partial charge is 0.342 e. The molecule has 1 nitrogen and oxygen atoms in total. The van der Waals surface area contributed by atoms with Gasteiger partial charge in [0, 0.05) is 12.4 Å². The molecular formula is C22H17F2NZr. The molecule has 0 amide bonds. The third-order valence-corrected chi connectivity index (χ3v) is 4.05. The molecule has 0 saturated heterocycles. The summed E-state index contributed by atoms with van der Waals surface area (Å²) in [5.74, 6) is 0. The summed E-state index contributed by atoms with van der Waals surface area (Å²) in [7, 11) is 0. The maximum atomic E-state index is 9.80. The molecular weight excluding hydrogens is 407 g/mol. The summed E-state index contributed by atoms with van der Waals surface area (Å²) in [6.07, 6.45) is 4.13. The second-order valence-corrected chi connectivity index (χ2v) is 6.01. The quantitative estimate of drug-likeness (QED) is 0.262. The van der Waals surface area contributed by atoms with Crippen LogP contribution in [0.2, 0.25) is 0 Å². The second kappa shape index (κ2) is 9.40. The molecule has 4 aromatic carbocycles. The van der Waals surface area contributed by atoms with E-state index in [9.17, 15) is 5.25 Å². The van der Waals surface area contributed by atoms with Crippen molar-refractivity contribution in [1.82, 2.24) is 4.57 Å². The van der Waals surface area contributed by atoms with Crippen LogP contribution in [0.4, 0.5) is 5.25 Å². The van der Waals surface area contributed by atoms with Gasteiger partial charge >= 0.3 is 29.7 Å². The van der Waals surface area contributed by atoms with Crippen LogP contribution in [-0.4, -0.2) is 4.57 Å². The SMILES string of the molecule is [F][Zr+2][F].c1ccc2[cH-]c(-n3cccc3)cc2c1.c1ccc2[cH-]ccc2c1. The minimum Gasteiger partial charge on any atom is -0.342 e. The molecule has 128 valence electrons. The van der Waals surface area contributed by atoms with E-state index in [1.54, 1.807) is 0 Å². The van der Waals surface area contributed by atoms with Gasteiger partial charge in [-0.15, -0.1) is 70.8 Å². The maximum absolute atomic E-state index is 9.80. The van der Waals surface area contributed by atoms with E-state index >= 15 is 0 Å². The van der Waals surface area contributed by atoms with Crippen LogP contribution in [0.25, 0.3) is 27.2 Å². The van der Waals surface area contributed by atoms with Crippen molar-refractivity contribution in [3.8, 4) is 5.69 Å². The van der Waals surface area contributed by atoms with Crippen molar-refractivity contribution in [2.75, 3.05) is 0 Å². The summed E-state index contributed by atoms with van der Waals surface area (Å²) in [4.78, 5) is 0. The molecule has 0 fully saturated rings. The van der Waals surface area contributed by atoms with Crippen LogP contribution in [0.5, 0.6) is 0 Å². The molecule has 1 heterocycles. The van der Waals surface area contributed by atoms with Crippen LogP contribution < -0.4 is 0 Å². The summed E-state index contributed by atoms with van der Waals surface area (Å²) in [6, 6.07) is 31.6. The monoisotopic (exact) mass is 423 g/mol. The third kappa shape index (κ3) is 4.65. The molecule has 1 aromatic heterocycles. The third-order valence-electron chi connectivity index (χ3n) is 4.05. The first-order valence-electron chi connectivity index (χ1n) is 8.17. The molecule has 0 atom stereocenters. The molecule has 0 N–H and O–H groups in total. The van der Waals surface area contributed by atoms with E-state index in [-0.39, 0.29) is 0 Å². The van der Waals surface area contributed by atoms with Crippen molar-refractivity contribution < 1.29 is 29.7 Å². The average Bonchev–Trinajstić information content (AvgIpc) is 3.41. The number of nitrogens with zero attached hydrogens (tertiary/aromatic N) is 1. The number of fused-ring (bicyclic) bond motifs is 2. The van der Waals surface area contributed by atoms with E-state index in [0.29, 0.717) is 0 Å². The zero-order chi connectivity index (χ0) is 18.2. The molecule has 4 heteroatoms. The molecule has 26 heavy (non-hydrogen) atoms. The Bertz CT molecular complexity index is 981. The van der Waals surface area contributed by atoms with Gasteiger partial charge in [0.25, 0.3) is 0 Å². The zero-order valence-corrected chi connectivity index (χ0v) is 16.5. The van der Waals surface area contributed by atoms with Gasteiger partial charge in [-0.1, -0.05) is 12.1 Å². The molecule has 0 unspecified atom stereocenters. The Kier molecular flexibility index (Phi) is 6.68. The van der Waals surface area contributed by atoms with Crippen LogP contribution >= 0.6 is 0 Å². The van der Waals surface area contributed by atoms with Gasteiger partial charge in [-0.05, 0) is 17.8 Å². The number of aromatic nitrogens is 1. The first kappa shape index (κ1) is 18.5. The molecule has 0 aliphatic rings. The Balaban J connectivity index is 0.000000141. The normalized spacial score (nSPS) is 9.77. The summed E-state index contributed by atoms with van der Waals surface area (Å²) in [6.45, 7) is 0. The number of rotatable bonds is 1. The number of halogens is 2. The Morgan fingerprint density at radius 1 is 0.731 bits per heavy atom. The average molecular weight is 425 g/mol. The van der Waals surface area contributed by atoms with Crippen molar-refractivity contribution in [3.05, 3.63) is 103 Å². The van der Waals surface area contributed by atoms with Crippen molar-refractivity contribution in [1.29, 1.82) is 0 Å². The second-order valence-electron chi connectivity index (χ2n) is 5.66. The Morgan fingerprint density at radius 2 is 1.35 bits per heavy atom. The summed E-state index contributed by atoms with van der Waals surface area (Å²) in [5, 5.41) is 5.27. The number of hydrogen-bond acceptors (Lipinski definition) is 0. The Hall–Kier alpha value is -2.32. The van der Waals surface area contributed by atoms with E-state index in [2.05, 4.69) is 95.8 Å². The molecule has 5 rings (SSSR count). The predicted molar refractivity (Wildman–Crippen MR) is 101 cm³/mol. The van der Waals surface area contributed by atoms with Crippen LogP contribution in [0.15, 0.2) is 103 Å². The van der Waals surface area contributed by atoms with Gasteiger partial charge in [0.1, 0.15) is 0 Å². The van der Waals surface area contributed by atoms with Crippen LogP contribution in [0.1, 0.15) is 0 Å². The maximum Gasteiger partial charge on any atom is 0.00705 e. The minimum atomic E-state index is -2.77.